The number of pyridine rings is 2. The van der Waals surface area contributed by atoms with E-state index in [1.165, 1.54) is 38.5 Å². The van der Waals surface area contributed by atoms with Gasteiger partial charge in [-0.2, -0.15) is 0 Å². The van der Waals surface area contributed by atoms with Crippen LogP contribution >= 0.6 is 22.7 Å². The maximum atomic E-state index is 14.5. The third kappa shape index (κ3) is 16.3. The Morgan fingerprint density at radius 3 is 1.26 bits per heavy atom. The molecule has 2 unspecified atom stereocenters. The van der Waals surface area contributed by atoms with Gasteiger partial charge >= 0.3 is 0 Å². The standard InChI is InChI=1S/2C42H52N4O7S2/c2*1-25-36(52-3)17-16-30-37(21-33(43-38(25)30)34-24-54-39(44-34)26-11-7-6-8-12-26)53-28-19-31-32(20-28)40(48)46(2)18-10-5-4-9-13-27-22-42(27,23-35(31)47)41(49)45-55(50,51)29-14-15-29/h2*9,13,16-17,21,24,26-29,31-32H,4-8,10-12,14-15,18-20,22-23H2,1-3H3,(H,45,49)/b2*13-9-/t27-,28+,31+,32+,42?;27-,28-,31-,32-,42?/m01/s1. The van der Waals surface area contributed by atoms with E-state index in [1.807, 2.05) is 74.5 Å². The molecule has 6 heterocycles. The van der Waals surface area contributed by atoms with Crippen molar-refractivity contribution in [2.24, 2.45) is 46.3 Å². The van der Waals surface area contributed by atoms with Crippen LogP contribution in [0.5, 0.6) is 23.0 Å². The average Bonchev–Trinajstić information content (AvgIpc) is 1.54. The second-order valence-electron chi connectivity index (χ2n) is 33.2. The fraction of sp³-hybridized carbons (Fsp3) is 0.595. The predicted octanol–water partition coefficient (Wildman–Crippen LogP) is 14.5. The van der Waals surface area contributed by atoms with Gasteiger partial charge in [-0.1, -0.05) is 62.8 Å². The Balaban J connectivity index is 0.000000175. The van der Waals surface area contributed by atoms with E-state index in [4.69, 9.17) is 38.9 Å². The number of Topliss-reactive ketones (excluding diaryl/α,β-unsaturated/α-hetero) is 2. The summed E-state index contributed by atoms with van der Waals surface area (Å²) in [4.78, 5) is 108. The molecular formula is C84H104N8O14S4. The summed E-state index contributed by atoms with van der Waals surface area (Å²) in [6.07, 6.45) is 28.1. The second kappa shape index (κ2) is 32.1. The van der Waals surface area contributed by atoms with Crippen molar-refractivity contribution >= 4 is 99.7 Å². The summed E-state index contributed by atoms with van der Waals surface area (Å²) >= 11 is 3.37. The van der Waals surface area contributed by atoms with Crippen molar-refractivity contribution in [2.75, 3.05) is 41.4 Å². The maximum Gasteiger partial charge on any atom is 0.240 e. The first-order valence-corrected chi connectivity index (χ1v) is 45.0. The summed E-state index contributed by atoms with van der Waals surface area (Å²) in [5.41, 5.74) is 3.93. The van der Waals surface area contributed by atoms with Gasteiger partial charge in [-0.3, -0.25) is 38.2 Å². The molecule has 2 aromatic carbocycles. The Hall–Kier alpha value is -7.68. The molecule has 8 aliphatic carbocycles. The van der Waals surface area contributed by atoms with E-state index in [0.29, 0.717) is 124 Å². The lowest BCUT2D eigenvalue weighted by atomic mass is 9.84. The van der Waals surface area contributed by atoms with Gasteiger partial charge in [0.1, 0.15) is 46.8 Å². The van der Waals surface area contributed by atoms with Crippen LogP contribution in [0.15, 0.2) is 71.5 Å². The van der Waals surface area contributed by atoms with Crippen molar-refractivity contribution in [2.45, 2.75) is 228 Å². The summed E-state index contributed by atoms with van der Waals surface area (Å²) in [5, 5.41) is 6.94. The van der Waals surface area contributed by atoms with Crippen molar-refractivity contribution in [3.63, 3.8) is 0 Å². The highest BCUT2D eigenvalue weighted by Gasteiger charge is 2.63. The van der Waals surface area contributed by atoms with Crippen LogP contribution in [0.1, 0.15) is 213 Å². The molecule has 16 rings (SSSR count). The lowest BCUT2D eigenvalue weighted by molar-refractivity contribution is -0.140. The van der Waals surface area contributed by atoms with Gasteiger partial charge in [0.2, 0.25) is 43.7 Å². The van der Waals surface area contributed by atoms with Crippen LogP contribution in [0.3, 0.4) is 0 Å². The molecule has 8 fully saturated rings. The molecule has 0 saturated heterocycles. The number of ether oxygens (including phenoxy) is 4. The minimum Gasteiger partial charge on any atom is -0.496 e. The minimum absolute atomic E-state index is 0.0993. The Kier molecular flexibility index (Phi) is 22.6. The summed E-state index contributed by atoms with van der Waals surface area (Å²) in [5.74, 6) is -1.27. The summed E-state index contributed by atoms with van der Waals surface area (Å²) < 4.78 is 81.2. The summed E-state index contributed by atoms with van der Waals surface area (Å²) in [7, 11) is -0.711. The van der Waals surface area contributed by atoms with Crippen LogP contribution in [0, 0.1) is 60.2 Å². The van der Waals surface area contributed by atoms with Crippen LogP contribution in [0.4, 0.5) is 0 Å². The highest BCUT2D eigenvalue weighted by atomic mass is 32.2. The van der Waals surface area contributed by atoms with E-state index in [9.17, 15) is 45.6 Å². The van der Waals surface area contributed by atoms with Gasteiger partial charge in [-0.05, 0) is 178 Å². The number of rotatable bonds is 16. The zero-order valence-electron chi connectivity index (χ0n) is 64.1. The molecule has 22 nitrogen and oxygen atoms in total. The molecule has 110 heavy (non-hydrogen) atoms. The van der Waals surface area contributed by atoms with E-state index in [1.54, 1.807) is 60.8 Å². The smallest absolute Gasteiger partial charge is 0.240 e. The third-order valence-electron chi connectivity index (χ3n) is 25.6. The Morgan fingerprint density at radius 1 is 0.491 bits per heavy atom. The molecule has 10 aliphatic rings. The van der Waals surface area contributed by atoms with Gasteiger partial charge in [0.15, 0.2) is 0 Å². The quantitative estimate of drug-likeness (QED) is 0.0851. The number of sulfonamides is 2. The number of benzene rings is 2. The molecular weight excluding hydrogens is 1470 g/mol. The van der Waals surface area contributed by atoms with Crippen molar-refractivity contribution in [3.8, 4) is 45.8 Å². The molecule has 8 saturated carbocycles. The average molecular weight is 1580 g/mol. The Morgan fingerprint density at radius 2 is 0.882 bits per heavy atom. The Labute approximate surface area is 653 Å². The fourth-order valence-electron chi connectivity index (χ4n) is 18.4. The van der Waals surface area contributed by atoms with Crippen molar-refractivity contribution < 1.29 is 64.6 Å². The topological polar surface area (TPSA) is 290 Å². The fourth-order valence-corrected chi connectivity index (χ4v) is 23.1. The number of ketones is 2. The zero-order chi connectivity index (χ0) is 77.0. The van der Waals surface area contributed by atoms with Gasteiger partial charge in [0.05, 0.1) is 91.2 Å². The number of aromatic nitrogens is 4. The van der Waals surface area contributed by atoms with Crippen molar-refractivity contribution in [1.82, 2.24) is 39.2 Å². The van der Waals surface area contributed by atoms with Gasteiger partial charge < -0.3 is 28.7 Å². The molecule has 10 atom stereocenters. The number of hydrogen-bond acceptors (Lipinski definition) is 20. The van der Waals surface area contributed by atoms with Gasteiger partial charge in [-0.15, -0.1) is 22.7 Å². The van der Waals surface area contributed by atoms with Crippen LogP contribution < -0.4 is 28.4 Å². The number of hydrogen-bond donors (Lipinski definition) is 2. The van der Waals surface area contributed by atoms with Crippen LogP contribution in [0.2, 0.25) is 0 Å². The largest absolute Gasteiger partial charge is 0.496 e. The molecule has 0 radical (unpaired) electrons. The highest BCUT2D eigenvalue weighted by molar-refractivity contribution is 7.91. The molecule has 4 amide bonds. The summed E-state index contributed by atoms with van der Waals surface area (Å²) in [6, 6.07) is 11.6. The first-order valence-electron chi connectivity index (χ1n) is 40.2. The summed E-state index contributed by atoms with van der Waals surface area (Å²) in [6.45, 7) is 5.12. The first-order chi connectivity index (χ1) is 52.9. The number of carbonyl (C=O) groups excluding carboxylic acids is 6. The molecule has 0 spiro atoms. The normalized spacial score (nSPS) is 28.6. The number of amides is 4. The van der Waals surface area contributed by atoms with E-state index in [2.05, 4.69) is 20.2 Å². The van der Waals surface area contributed by atoms with E-state index in [0.717, 1.165) is 119 Å². The third-order valence-corrected chi connectivity index (χ3v) is 31.2. The minimum atomic E-state index is -3.79. The monoisotopic (exact) mass is 1580 g/mol. The predicted molar refractivity (Wildman–Crippen MR) is 423 cm³/mol. The molecule has 6 aromatic rings. The van der Waals surface area contributed by atoms with Crippen molar-refractivity contribution in [1.29, 1.82) is 0 Å². The number of thiazole rings is 2. The van der Waals surface area contributed by atoms with E-state index in [-0.39, 0.29) is 48.1 Å². The second-order valence-corrected chi connectivity index (χ2v) is 38.9. The molecule has 2 aliphatic heterocycles. The number of fused-ring (bicyclic) bond motifs is 6. The maximum absolute atomic E-state index is 14.5. The van der Waals surface area contributed by atoms with Crippen molar-refractivity contribution in [3.05, 3.63) is 92.6 Å². The van der Waals surface area contributed by atoms with Crippen LogP contribution in [0.25, 0.3) is 44.6 Å². The lowest BCUT2D eigenvalue weighted by Gasteiger charge is -2.26. The van der Waals surface area contributed by atoms with E-state index < -0.39 is 89.1 Å². The van der Waals surface area contributed by atoms with Gasteiger partial charge in [-0.25, -0.2) is 36.8 Å². The number of nitrogens with one attached hydrogen (secondary N) is 2. The highest BCUT2D eigenvalue weighted by Crippen LogP contribution is 2.60. The molecule has 0 bridgehead atoms. The molecule has 588 valence electrons. The SMILES string of the molecule is COc1ccc2c(O[C@@H]3C[C@H]4C(=O)CC5(C(=O)NS(=O)(=O)C6CC6)C[C@@H]5/C=C\CCCCN(C)C(=O)[C@@H]4C3)cc(-c3csc(C4CCCCC4)n3)nc2c1C.COc1ccc2c(O[C@@H]3C[C@H]4C(=O)CC5(C(=O)NS(=O)(=O)C6CC6)C[C@H]5/C=C\CCCCN(C)C(=O)[C@@H]4C3)cc(-c3csc(C4CCCCC4)n3)nc2c1C. The molecule has 2 N–H and O–H groups in total. The number of nitrogens with zero attached hydrogens (tertiary/aromatic N) is 6. The zero-order valence-corrected chi connectivity index (χ0v) is 67.4. The molecule has 26 heteroatoms. The van der Waals surface area contributed by atoms with Crippen LogP contribution in [-0.2, 0) is 48.8 Å². The lowest BCUT2D eigenvalue weighted by Crippen LogP contribution is -2.42. The van der Waals surface area contributed by atoms with Crippen LogP contribution in [-0.4, -0.2) is 146 Å². The van der Waals surface area contributed by atoms with E-state index >= 15 is 0 Å². The first kappa shape index (κ1) is 77.6. The molecule has 4 aromatic heterocycles. The number of methoxy groups -OCH3 is 2. The number of allylic oxidation sites excluding steroid dienone is 4. The van der Waals surface area contributed by atoms with Gasteiger partial charge in [0.25, 0.3) is 0 Å². The number of aryl methyl sites for hydroxylation is 2. The Bertz CT molecular complexity index is 4540. The van der Waals surface area contributed by atoms with Gasteiger partial charge in [0, 0.05) is 108 Å². The number of carbonyl (C=O) groups is 6.